The molecule has 7 nitrogen and oxygen atoms in total. The number of benzene rings is 1. The lowest BCUT2D eigenvalue weighted by Crippen LogP contribution is -2.43. The summed E-state index contributed by atoms with van der Waals surface area (Å²) in [6.07, 6.45) is 2.53. The molecule has 9 heteroatoms. The molecule has 1 unspecified atom stereocenters. The fraction of sp³-hybridized carbons (Fsp3) is 0.368. The molecule has 1 aromatic heterocycles. The Balaban J connectivity index is 2.21. The van der Waals surface area contributed by atoms with E-state index in [9.17, 15) is 4.79 Å². The zero-order valence-corrected chi connectivity index (χ0v) is 17.5. The molecule has 0 fully saturated rings. The maximum Gasteiger partial charge on any atom is 0.261 e. The first-order valence-corrected chi connectivity index (χ1v) is 10.9. The Kier molecular flexibility index (Phi) is 9.42. The molecule has 0 saturated carbocycles. The van der Waals surface area contributed by atoms with Gasteiger partial charge in [-0.05, 0) is 30.6 Å². The second kappa shape index (κ2) is 11.8. The maximum absolute atomic E-state index is 11.7. The van der Waals surface area contributed by atoms with E-state index in [1.165, 1.54) is 0 Å². The Morgan fingerprint density at radius 1 is 1.29 bits per heavy atom. The van der Waals surface area contributed by atoms with Crippen LogP contribution in [0.1, 0.15) is 6.42 Å². The minimum absolute atomic E-state index is 0.113. The van der Waals surface area contributed by atoms with Crippen LogP contribution in [-0.2, 0) is 4.79 Å². The summed E-state index contributed by atoms with van der Waals surface area (Å²) in [6.45, 7) is 0.512. The molecule has 2 rings (SSSR count). The van der Waals surface area contributed by atoms with Gasteiger partial charge in [-0.15, -0.1) is 5.48 Å². The van der Waals surface area contributed by atoms with Crippen LogP contribution in [0.15, 0.2) is 42.5 Å². The van der Waals surface area contributed by atoms with Crippen molar-refractivity contribution in [1.82, 2.24) is 10.5 Å². The molecular weight excluding hydrogens is 394 g/mol. The van der Waals surface area contributed by atoms with Crippen LogP contribution < -0.4 is 27.1 Å². The van der Waals surface area contributed by atoms with E-state index in [0.717, 1.165) is 17.0 Å². The number of carbonyl (C=O) groups excluding carboxylic acids is 1. The first kappa shape index (κ1) is 22.4. The van der Waals surface area contributed by atoms with Crippen LogP contribution in [0, 0.1) is 0 Å². The predicted octanol–water partition coefficient (Wildman–Crippen LogP) is 1.91. The van der Waals surface area contributed by atoms with Gasteiger partial charge in [0.15, 0.2) is 0 Å². The maximum atomic E-state index is 11.7. The van der Waals surface area contributed by atoms with E-state index >= 15 is 0 Å². The Hall–Kier alpha value is -1.94. The highest BCUT2D eigenvalue weighted by Crippen LogP contribution is 2.27. The van der Waals surface area contributed by atoms with Crippen molar-refractivity contribution in [1.29, 1.82) is 0 Å². The van der Waals surface area contributed by atoms with Gasteiger partial charge in [0.05, 0.1) is 11.4 Å². The quantitative estimate of drug-likeness (QED) is 0.263. The van der Waals surface area contributed by atoms with Gasteiger partial charge < -0.3 is 21.6 Å². The second-order valence-corrected chi connectivity index (χ2v) is 7.55. The number of primary amides is 1. The summed E-state index contributed by atoms with van der Waals surface area (Å²) in [5.74, 6) is 1.18. The number of pyridine rings is 1. The number of nitrogens with two attached hydrogens (primary N) is 2. The molecule has 0 aliphatic heterocycles. The van der Waals surface area contributed by atoms with Crippen LogP contribution in [0.4, 0.5) is 5.69 Å². The fourth-order valence-electron chi connectivity index (χ4n) is 2.35. The van der Waals surface area contributed by atoms with E-state index in [0.29, 0.717) is 30.3 Å². The van der Waals surface area contributed by atoms with Gasteiger partial charge in [0.25, 0.3) is 5.88 Å². The predicted molar refractivity (Wildman–Crippen MR) is 120 cm³/mol. The monoisotopic (exact) mass is 421 g/mol. The van der Waals surface area contributed by atoms with Gasteiger partial charge in [-0.2, -0.15) is 24.4 Å². The van der Waals surface area contributed by atoms with Crippen LogP contribution in [0.3, 0.4) is 0 Å². The minimum atomic E-state index is -0.609. The number of nitrogens with zero attached hydrogens (tertiary/aromatic N) is 1. The van der Waals surface area contributed by atoms with E-state index in [2.05, 4.69) is 28.4 Å². The van der Waals surface area contributed by atoms with Gasteiger partial charge in [0.2, 0.25) is 5.91 Å². The Bertz CT molecular complexity index is 748. The normalized spacial score (nSPS) is 13.0. The summed E-state index contributed by atoms with van der Waals surface area (Å²) >= 11 is 5.83. The van der Waals surface area contributed by atoms with Crippen LogP contribution in [0.2, 0.25) is 0 Å². The van der Waals surface area contributed by atoms with Crippen LogP contribution >= 0.6 is 24.4 Å². The molecule has 2 atom stereocenters. The van der Waals surface area contributed by atoms with Crippen LogP contribution in [0.25, 0.3) is 11.3 Å². The molecule has 0 aliphatic rings. The first-order valence-electron chi connectivity index (χ1n) is 8.92. The highest BCUT2D eigenvalue weighted by molar-refractivity contribution is 7.98. The van der Waals surface area contributed by atoms with E-state index in [1.807, 2.05) is 48.7 Å². The van der Waals surface area contributed by atoms with Gasteiger partial charge >= 0.3 is 0 Å². The number of hydrogen-bond acceptors (Lipinski definition) is 8. The van der Waals surface area contributed by atoms with E-state index in [1.54, 1.807) is 11.8 Å². The minimum Gasteiger partial charge on any atom is -0.385 e. The van der Waals surface area contributed by atoms with Gasteiger partial charge in [0, 0.05) is 23.9 Å². The van der Waals surface area contributed by atoms with Gasteiger partial charge in [-0.1, -0.05) is 30.3 Å². The lowest BCUT2D eigenvalue weighted by atomic mass is 10.1. The molecule has 0 saturated heterocycles. The van der Waals surface area contributed by atoms with E-state index in [-0.39, 0.29) is 6.04 Å². The van der Waals surface area contributed by atoms with Gasteiger partial charge in [-0.3, -0.25) is 4.79 Å². The SMILES string of the molecule is CSCC[C@H](NOc1nc(-c2ccccc2)ccc1NCC(N)CS)C(N)=O. The number of aromatic nitrogens is 1. The molecule has 6 N–H and O–H groups in total. The summed E-state index contributed by atoms with van der Waals surface area (Å²) in [6, 6.07) is 12.8. The number of thiol groups is 1. The number of anilines is 1. The molecule has 0 aliphatic carbocycles. The third kappa shape index (κ3) is 6.90. The molecule has 28 heavy (non-hydrogen) atoms. The van der Waals surface area contributed by atoms with Crippen molar-refractivity contribution in [2.45, 2.75) is 18.5 Å². The first-order chi connectivity index (χ1) is 13.5. The second-order valence-electron chi connectivity index (χ2n) is 6.20. The lowest BCUT2D eigenvalue weighted by Gasteiger charge is -2.18. The van der Waals surface area contributed by atoms with Crippen molar-refractivity contribution in [2.75, 3.05) is 29.6 Å². The Labute approximate surface area is 175 Å². The number of carbonyl (C=O) groups is 1. The third-order valence-corrected chi connectivity index (χ3v) is 5.08. The Morgan fingerprint density at radius 3 is 2.68 bits per heavy atom. The summed E-state index contributed by atoms with van der Waals surface area (Å²) in [4.78, 5) is 21.9. The van der Waals surface area contributed by atoms with Crippen molar-refractivity contribution < 1.29 is 9.63 Å². The molecule has 0 spiro atoms. The molecule has 1 aromatic carbocycles. The smallest absolute Gasteiger partial charge is 0.261 e. The average Bonchev–Trinajstić information content (AvgIpc) is 2.72. The molecule has 152 valence electrons. The summed E-state index contributed by atoms with van der Waals surface area (Å²) in [7, 11) is 0. The number of amides is 1. The summed E-state index contributed by atoms with van der Waals surface area (Å²) in [5.41, 5.74) is 16.5. The molecule has 1 heterocycles. The number of hydroxylamine groups is 1. The van der Waals surface area contributed by atoms with Crippen molar-refractivity contribution in [3.05, 3.63) is 42.5 Å². The summed E-state index contributed by atoms with van der Waals surface area (Å²) < 4.78 is 0. The van der Waals surface area contributed by atoms with E-state index in [4.69, 9.17) is 16.3 Å². The average molecular weight is 422 g/mol. The van der Waals surface area contributed by atoms with Crippen molar-refractivity contribution in [3.63, 3.8) is 0 Å². The summed E-state index contributed by atoms with van der Waals surface area (Å²) in [5, 5.41) is 3.22. The number of nitrogens with one attached hydrogen (secondary N) is 2. The lowest BCUT2D eigenvalue weighted by molar-refractivity contribution is -0.122. The number of hydrogen-bond donors (Lipinski definition) is 5. The highest BCUT2D eigenvalue weighted by Gasteiger charge is 2.17. The van der Waals surface area contributed by atoms with Crippen molar-refractivity contribution in [3.8, 4) is 17.1 Å². The van der Waals surface area contributed by atoms with E-state index < -0.39 is 11.9 Å². The highest BCUT2D eigenvalue weighted by atomic mass is 32.2. The number of thioether (sulfide) groups is 1. The molecule has 0 radical (unpaired) electrons. The fourth-order valence-corrected chi connectivity index (χ4v) is 2.95. The van der Waals surface area contributed by atoms with Crippen LogP contribution in [-0.4, -0.2) is 47.3 Å². The topological polar surface area (TPSA) is 115 Å². The standard InChI is InChI=1S/C19H27N5O2S2/c1-28-10-9-16(18(21)25)24-26-19-17(22-11-14(20)12-27)8-7-15(23-19)13-5-3-2-4-6-13/h2-8,14,16,22,24,27H,9-12,20H2,1H3,(H2,21,25)/t14?,16-/m0/s1. The molecule has 2 aromatic rings. The Morgan fingerprint density at radius 2 is 2.04 bits per heavy atom. The van der Waals surface area contributed by atoms with Gasteiger partial charge in [-0.25, -0.2) is 4.98 Å². The largest absolute Gasteiger partial charge is 0.385 e. The zero-order chi connectivity index (χ0) is 20.4. The van der Waals surface area contributed by atoms with Crippen molar-refractivity contribution in [2.24, 2.45) is 11.5 Å². The molecule has 0 bridgehead atoms. The van der Waals surface area contributed by atoms with Crippen LogP contribution in [0.5, 0.6) is 5.88 Å². The zero-order valence-electron chi connectivity index (χ0n) is 15.8. The molecule has 1 amide bonds. The molecular formula is C19H27N5O2S2. The number of rotatable bonds is 12. The third-order valence-electron chi connectivity index (χ3n) is 3.97. The van der Waals surface area contributed by atoms with Crippen molar-refractivity contribution >= 4 is 36.0 Å². The van der Waals surface area contributed by atoms with Gasteiger partial charge in [0.1, 0.15) is 6.04 Å².